The molecule has 0 unspecified atom stereocenters. The summed E-state index contributed by atoms with van der Waals surface area (Å²) in [6.45, 7) is 0. The number of amides is 2. The Balaban J connectivity index is 1.96. The van der Waals surface area contributed by atoms with Crippen LogP contribution in [0.15, 0.2) is 54.2 Å². The number of halogens is 1. The van der Waals surface area contributed by atoms with E-state index in [9.17, 15) is 14.0 Å². The molecule has 25 heavy (non-hydrogen) atoms. The maximum Gasteiger partial charge on any atom is 0.274 e. The molecule has 2 amide bonds. The van der Waals surface area contributed by atoms with Crippen molar-refractivity contribution in [2.45, 2.75) is 0 Å². The van der Waals surface area contributed by atoms with Crippen molar-refractivity contribution in [3.05, 3.63) is 71.2 Å². The Hall–Kier alpha value is -3.06. The van der Waals surface area contributed by atoms with Gasteiger partial charge in [0.1, 0.15) is 17.3 Å². The lowest BCUT2D eigenvalue weighted by atomic mass is 10.1. The van der Waals surface area contributed by atoms with Gasteiger partial charge in [-0.1, -0.05) is 12.1 Å². The van der Waals surface area contributed by atoms with Crippen LogP contribution < -0.4 is 10.1 Å². The molecule has 0 atom stereocenters. The molecule has 3 rings (SSSR count). The molecule has 1 saturated heterocycles. The average molecular weight is 356 g/mol. The number of nitrogens with zero attached hydrogens (tertiary/aromatic N) is 1. The van der Waals surface area contributed by atoms with Gasteiger partial charge in [-0.05, 0) is 60.3 Å². The third kappa shape index (κ3) is 3.41. The van der Waals surface area contributed by atoms with Gasteiger partial charge in [-0.25, -0.2) is 9.29 Å². The van der Waals surface area contributed by atoms with Gasteiger partial charge in [0.25, 0.3) is 11.8 Å². The van der Waals surface area contributed by atoms with Crippen molar-refractivity contribution in [2.75, 3.05) is 7.11 Å². The van der Waals surface area contributed by atoms with Gasteiger partial charge in [-0.3, -0.25) is 14.9 Å². The monoisotopic (exact) mass is 356 g/mol. The molecule has 0 aromatic heterocycles. The number of thiocarbonyl (C=S) groups is 1. The van der Waals surface area contributed by atoms with E-state index in [1.165, 1.54) is 24.3 Å². The van der Waals surface area contributed by atoms with Gasteiger partial charge < -0.3 is 4.74 Å². The van der Waals surface area contributed by atoms with Gasteiger partial charge in [0, 0.05) is 5.56 Å². The van der Waals surface area contributed by atoms with E-state index in [1.807, 2.05) is 0 Å². The minimum absolute atomic E-state index is 0.0147. The van der Waals surface area contributed by atoms with Crippen LogP contribution >= 0.6 is 12.2 Å². The number of methoxy groups -OCH3 is 1. The zero-order chi connectivity index (χ0) is 18.0. The minimum atomic E-state index is -0.511. The van der Waals surface area contributed by atoms with Gasteiger partial charge in [0.05, 0.1) is 7.11 Å². The lowest BCUT2D eigenvalue weighted by Crippen LogP contribution is -2.33. The molecule has 2 aromatic carbocycles. The third-order valence-corrected chi connectivity index (χ3v) is 3.90. The van der Waals surface area contributed by atoms with Crippen LogP contribution in [-0.4, -0.2) is 28.9 Å². The van der Waals surface area contributed by atoms with Crippen molar-refractivity contribution in [3.8, 4) is 5.75 Å². The predicted molar refractivity (Wildman–Crippen MR) is 94.3 cm³/mol. The summed E-state index contributed by atoms with van der Waals surface area (Å²) in [5.41, 5.74) is 1.03. The van der Waals surface area contributed by atoms with Crippen LogP contribution in [0.3, 0.4) is 0 Å². The Morgan fingerprint density at radius 1 is 1.16 bits per heavy atom. The van der Waals surface area contributed by atoms with Gasteiger partial charge in [0.2, 0.25) is 0 Å². The third-order valence-electron chi connectivity index (χ3n) is 3.61. The average Bonchev–Trinajstić information content (AvgIpc) is 2.89. The van der Waals surface area contributed by atoms with E-state index >= 15 is 0 Å². The van der Waals surface area contributed by atoms with Crippen LogP contribution in [0.25, 0.3) is 6.08 Å². The molecule has 0 radical (unpaired) electrons. The second-order valence-corrected chi connectivity index (χ2v) is 5.60. The molecule has 2 aromatic rings. The van der Waals surface area contributed by atoms with E-state index in [1.54, 1.807) is 37.5 Å². The molecular weight excluding hydrogens is 343 g/mol. The van der Waals surface area contributed by atoms with Crippen LogP contribution in [0.4, 0.5) is 4.39 Å². The minimum Gasteiger partial charge on any atom is -0.497 e. The highest BCUT2D eigenvalue weighted by Crippen LogP contribution is 2.21. The maximum atomic E-state index is 13.1. The molecule has 5 nitrogen and oxygen atoms in total. The van der Waals surface area contributed by atoms with Crippen LogP contribution in [0.1, 0.15) is 15.9 Å². The lowest BCUT2D eigenvalue weighted by Gasteiger charge is -2.15. The highest BCUT2D eigenvalue weighted by Gasteiger charge is 2.35. The van der Waals surface area contributed by atoms with Crippen molar-refractivity contribution in [1.82, 2.24) is 10.2 Å². The normalized spacial score (nSPS) is 15.4. The molecule has 1 aliphatic heterocycles. The number of rotatable bonds is 3. The fourth-order valence-electron chi connectivity index (χ4n) is 2.34. The Bertz CT molecular complexity index is 876. The summed E-state index contributed by atoms with van der Waals surface area (Å²) in [5, 5.41) is 2.44. The van der Waals surface area contributed by atoms with E-state index < -0.39 is 17.6 Å². The summed E-state index contributed by atoms with van der Waals surface area (Å²) in [6.07, 6.45) is 1.55. The summed E-state index contributed by atoms with van der Waals surface area (Å²) in [7, 11) is 1.55. The van der Waals surface area contributed by atoms with Gasteiger partial charge >= 0.3 is 0 Å². The Kier molecular flexibility index (Phi) is 4.58. The van der Waals surface area contributed by atoms with Crippen LogP contribution in [0.5, 0.6) is 5.75 Å². The number of nitrogens with one attached hydrogen (secondary N) is 1. The molecule has 7 heteroatoms. The second kappa shape index (κ2) is 6.82. The van der Waals surface area contributed by atoms with Gasteiger partial charge in [0.15, 0.2) is 5.11 Å². The van der Waals surface area contributed by atoms with Crippen molar-refractivity contribution < 1.29 is 18.7 Å². The number of ether oxygens (including phenoxy) is 1. The zero-order valence-corrected chi connectivity index (χ0v) is 14.0. The standard InChI is InChI=1S/C18H13FN2O3S/c1-24-14-8-2-11(3-9-14)10-15-16(22)20-18(25)21(15)17(23)12-4-6-13(19)7-5-12/h2-10H,1H3,(H,20,22,25)/b15-10-. The first-order valence-corrected chi connectivity index (χ1v) is 7.71. The lowest BCUT2D eigenvalue weighted by molar-refractivity contribution is -0.115. The maximum absolute atomic E-state index is 13.1. The van der Waals surface area contributed by atoms with Crippen molar-refractivity contribution in [1.29, 1.82) is 0 Å². The number of carbonyl (C=O) groups is 2. The fraction of sp³-hybridized carbons (Fsp3) is 0.0556. The summed E-state index contributed by atoms with van der Waals surface area (Å²) in [4.78, 5) is 26.0. The van der Waals surface area contributed by atoms with Gasteiger partial charge in [-0.2, -0.15) is 0 Å². The first-order valence-electron chi connectivity index (χ1n) is 7.30. The van der Waals surface area contributed by atoms with E-state index in [0.29, 0.717) is 11.3 Å². The van der Waals surface area contributed by atoms with E-state index in [2.05, 4.69) is 5.32 Å². The SMILES string of the molecule is COc1ccc(/C=C2/C(=O)NC(=S)N2C(=O)c2ccc(F)cc2)cc1. The quantitative estimate of drug-likeness (QED) is 0.679. The number of hydrogen-bond donors (Lipinski definition) is 1. The predicted octanol–water partition coefficient (Wildman–Crippen LogP) is 2.73. The van der Waals surface area contributed by atoms with Gasteiger partial charge in [-0.15, -0.1) is 0 Å². The Morgan fingerprint density at radius 2 is 1.80 bits per heavy atom. The van der Waals surface area contributed by atoms with Crippen LogP contribution in [-0.2, 0) is 4.79 Å². The van der Waals surface area contributed by atoms with Crippen LogP contribution in [0.2, 0.25) is 0 Å². The highest BCUT2D eigenvalue weighted by atomic mass is 32.1. The molecule has 1 heterocycles. The van der Waals surface area contributed by atoms with Crippen LogP contribution in [0, 0.1) is 5.82 Å². The van der Waals surface area contributed by atoms with E-state index in [0.717, 1.165) is 4.90 Å². The topological polar surface area (TPSA) is 58.6 Å². The highest BCUT2D eigenvalue weighted by molar-refractivity contribution is 7.80. The Labute approximate surface area is 148 Å². The zero-order valence-electron chi connectivity index (χ0n) is 13.2. The molecule has 126 valence electrons. The molecule has 1 aliphatic rings. The smallest absolute Gasteiger partial charge is 0.274 e. The van der Waals surface area contributed by atoms with E-state index in [4.69, 9.17) is 17.0 Å². The molecule has 1 N–H and O–H groups in total. The molecule has 0 saturated carbocycles. The summed E-state index contributed by atoms with van der Waals surface area (Å²) < 4.78 is 18.1. The summed E-state index contributed by atoms with van der Waals surface area (Å²) in [6, 6.07) is 12.0. The number of hydrogen-bond acceptors (Lipinski definition) is 4. The second-order valence-electron chi connectivity index (χ2n) is 5.21. The Morgan fingerprint density at radius 3 is 2.40 bits per heavy atom. The molecule has 0 bridgehead atoms. The van der Waals surface area contributed by atoms with Crippen molar-refractivity contribution in [3.63, 3.8) is 0 Å². The first-order chi connectivity index (χ1) is 12.0. The van der Waals surface area contributed by atoms with Crippen molar-refractivity contribution in [2.24, 2.45) is 0 Å². The van der Waals surface area contributed by atoms with Crippen molar-refractivity contribution >= 4 is 35.2 Å². The molecular formula is C18H13FN2O3S. The molecule has 0 spiro atoms. The molecule has 0 aliphatic carbocycles. The summed E-state index contributed by atoms with van der Waals surface area (Å²) >= 11 is 5.09. The number of benzene rings is 2. The first kappa shape index (κ1) is 16.8. The number of carbonyl (C=O) groups excluding carboxylic acids is 2. The largest absolute Gasteiger partial charge is 0.497 e. The fourth-order valence-corrected chi connectivity index (χ4v) is 2.61. The molecule has 1 fully saturated rings. The van der Waals surface area contributed by atoms with E-state index in [-0.39, 0.29) is 16.4 Å². The summed E-state index contributed by atoms with van der Waals surface area (Å²) in [5.74, 6) is -0.768.